The summed E-state index contributed by atoms with van der Waals surface area (Å²) in [7, 11) is 0. The zero-order valence-electron chi connectivity index (χ0n) is 19.2. The summed E-state index contributed by atoms with van der Waals surface area (Å²) in [5, 5.41) is 29.0. The van der Waals surface area contributed by atoms with Crippen LogP contribution in [-0.4, -0.2) is 43.0 Å². The molecule has 0 saturated heterocycles. The number of halogens is 2. The van der Waals surface area contributed by atoms with E-state index in [0.29, 0.717) is 28.3 Å². The van der Waals surface area contributed by atoms with E-state index in [1.165, 1.54) is 30.3 Å². The summed E-state index contributed by atoms with van der Waals surface area (Å²) in [5.74, 6) is -1.30. The highest BCUT2D eigenvalue weighted by Gasteiger charge is 2.27. The van der Waals surface area contributed by atoms with Crippen LogP contribution in [0.4, 0.5) is 8.78 Å². The molecule has 0 saturated carbocycles. The zero-order chi connectivity index (χ0) is 25.0. The highest BCUT2D eigenvalue weighted by molar-refractivity contribution is 5.81. The summed E-state index contributed by atoms with van der Waals surface area (Å²) in [4.78, 5) is 15.6. The molecule has 3 N–H and O–H groups in total. The second kappa shape index (κ2) is 10.3. The first kappa shape index (κ1) is 25.3. The van der Waals surface area contributed by atoms with E-state index in [1.807, 2.05) is 20.8 Å². The molecule has 0 fully saturated rings. The number of carboxylic acids is 1. The molecule has 3 aromatic rings. The minimum absolute atomic E-state index is 0.154. The number of hydrogen-bond donors (Lipinski definition) is 3. The quantitative estimate of drug-likeness (QED) is 0.437. The van der Waals surface area contributed by atoms with Gasteiger partial charge in [-0.1, -0.05) is 20.8 Å². The van der Waals surface area contributed by atoms with Gasteiger partial charge in [-0.2, -0.15) is 0 Å². The van der Waals surface area contributed by atoms with Gasteiger partial charge in [-0.15, -0.1) is 0 Å². The predicted octanol–water partition coefficient (Wildman–Crippen LogP) is 4.85. The van der Waals surface area contributed by atoms with Crippen LogP contribution in [0, 0.1) is 11.6 Å². The highest BCUT2D eigenvalue weighted by atomic mass is 19.1. The summed E-state index contributed by atoms with van der Waals surface area (Å²) in [5.41, 5.74) is 2.06. The standard InChI is InChI=1S/C26H28F2N2O4/c1-26(2,3)25-29-23(16-4-8-18(27)9-5-16)24(17-6-10-19(28)11-7-17)30(25)13-12-20(31)14-21(32)15-22(33)34/h4-13,20-21,31-32H,14-15H2,1-3H3,(H,33,34)/b13-12+/t20-,21-/m1/s1. The first-order chi connectivity index (χ1) is 16.0. The maximum absolute atomic E-state index is 13.7. The number of nitrogens with zero attached hydrogens (tertiary/aromatic N) is 2. The summed E-state index contributed by atoms with van der Waals surface area (Å²) in [6, 6.07) is 11.8. The molecule has 0 aliphatic heterocycles. The van der Waals surface area contributed by atoms with Gasteiger partial charge in [0.25, 0.3) is 0 Å². The van der Waals surface area contributed by atoms with Crippen LogP contribution in [0.1, 0.15) is 39.4 Å². The molecule has 34 heavy (non-hydrogen) atoms. The third kappa shape index (κ3) is 6.15. The molecular formula is C26H28F2N2O4. The van der Waals surface area contributed by atoms with Gasteiger partial charge in [0, 0.05) is 29.2 Å². The van der Waals surface area contributed by atoms with Crippen LogP contribution in [0.25, 0.3) is 28.7 Å². The second-order valence-electron chi connectivity index (χ2n) is 9.16. The van der Waals surface area contributed by atoms with Crippen molar-refractivity contribution in [3.63, 3.8) is 0 Å². The van der Waals surface area contributed by atoms with Crippen LogP contribution >= 0.6 is 0 Å². The fraction of sp³-hybridized carbons (Fsp3) is 0.308. The molecule has 0 amide bonds. The molecule has 0 unspecified atom stereocenters. The lowest BCUT2D eigenvalue weighted by Crippen LogP contribution is -2.20. The molecule has 0 bridgehead atoms. The minimum atomic E-state index is -1.20. The van der Waals surface area contributed by atoms with E-state index in [2.05, 4.69) is 0 Å². The fourth-order valence-corrected chi connectivity index (χ4v) is 3.63. The van der Waals surface area contributed by atoms with Gasteiger partial charge in [0.05, 0.1) is 30.0 Å². The van der Waals surface area contributed by atoms with Gasteiger partial charge in [-0.3, -0.25) is 4.79 Å². The van der Waals surface area contributed by atoms with Crippen molar-refractivity contribution in [2.24, 2.45) is 0 Å². The Morgan fingerprint density at radius 1 is 1.00 bits per heavy atom. The second-order valence-corrected chi connectivity index (χ2v) is 9.16. The molecule has 8 heteroatoms. The van der Waals surface area contributed by atoms with Gasteiger partial charge in [-0.25, -0.2) is 13.8 Å². The number of hydrogen-bond acceptors (Lipinski definition) is 4. The van der Waals surface area contributed by atoms with Crippen molar-refractivity contribution in [1.82, 2.24) is 9.55 Å². The molecule has 2 atom stereocenters. The molecule has 6 nitrogen and oxygen atoms in total. The van der Waals surface area contributed by atoms with Crippen LogP contribution in [0.15, 0.2) is 54.6 Å². The molecular weight excluding hydrogens is 442 g/mol. The first-order valence-electron chi connectivity index (χ1n) is 10.9. The Morgan fingerprint density at radius 2 is 1.53 bits per heavy atom. The van der Waals surface area contributed by atoms with Gasteiger partial charge in [-0.05, 0) is 54.6 Å². The number of aliphatic carboxylic acids is 1. The lowest BCUT2D eigenvalue weighted by molar-refractivity contribution is -0.139. The average molecular weight is 471 g/mol. The Hall–Kier alpha value is -3.36. The van der Waals surface area contributed by atoms with E-state index in [1.54, 1.807) is 35.0 Å². The summed E-state index contributed by atoms with van der Waals surface area (Å²) < 4.78 is 29.0. The van der Waals surface area contributed by atoms with Crippen LogP contribution in [0.2, 0.25) is 0 Å². The lowest BCUT2D eigenvalue weighted by atomic mass is 9.95. The molecule has 2 aromatic carbocycles. The van der Waals surface area contributed by atoms with Gasteiger partial charge in [0.15, 0.2) is 0 Å². The fourth-order valence-electron chi connectivity index (χ4n) is 3.63. The molecule has 0 aliphatic carbocycles. The Balaban J connectivity index is 2.15. The third-order valence-corrected chi connectivity index (χ3v) is 5.20. The van der Waals surface area contributed by atoms with E-state index in [9.17, 15) is 23.8 Å². The lowest BCUT2D eigenvalue weighted by Gasteiger charge is -2.19. The normalized spacial score (nSPS) is 13.9. The van der Waals surface area contributed by atoms with E-state index in [0.717, 1.165) is 0 Å². The smallest absolute Gasteiger partial charge is 0.305 e. The number of aliphatic hydroxyl groups excluding tert-OH is 2. The number of carbonyl (C=O) groups is 1. The third-order valence-electron chi connectivity index (χ3n) is 5.20. The van der Waals surface area contributed by atoms with Gasteiger partial charge in [0.2, 0.25) is 0 Å². The van der Waals surface area contributed by atoms with Crippen molar-refractivity contribution in [1.29, 1.82) is 0 Å². The molecule has 0 radical (unpaired) electrons. The van der Waals surface area contributed by atoms with Crippen molar-refractivity contribution in [2.45, 2.75) is 51.2 Å². The number of imidazole rings is 1. The van der Waals surface area contributed by atoms with Gasteiger partial charge in [0.1, 0.15) is 17.5 Å². The maximum atomic E-state index is 13.7. The molecule has 1 aromatic heterocycles. The zero-order valence-corrected chi connectivity index (χ0v) is 19.2. The monoisotopic (exact) mass is 470 g/mol. The number of benzene rings is 2. The number of aliphatic hydroxyl groups is 2. The van der Waals surface area contributed by atoms with E-state index >= 15 is 0 Å². The Kier molecular flexibility index (Phi) is 7.64. The Morgan fingerprint density at radius 3 is 2.03 bits per heavy atom. The predicted molar refractivity (Wildman–Crippen MR) is 126 cm³/mol. The summed E-state index contributed by atoms with van der Waals surface area (Å²) >= 11 is 0. The average Bonchev–Trinajstić information content (AvgIpc) is 3.12. The van der Waals surface area contributed by atoms with Crippen molar-refractivity contribution in [2.75, 3.05) is 0 Å². The number of aromatic nitrogens is 2. The van der Waals surface area contributed by atoms with E-state index in [-0.39, 0.29) is 12.2 Å². The Labute approximate surface area is 196 Å². The van der Waals surface area contributed by atoms with Gasteiger partial charge >= 0.3 is 5.97 Å². The molecule has 0 aliphatic rings. The summed E-state index contributed by atoms with van der Waals surface area (Å²) in [6.07, 6.45) is 0.118. The Bertz CT molecular complexity index is 1160. The number of carboxylic acid groups (broad SMARTS) is 1. The van der Waals surface area contributed by atoms with Crippen molar-refractivity contribution in [3.05, 3.63) is 72.1 Å². The minimum Gasteiger partial charge on any atom is -0.481 e. The van der Waals surface area contributed by atoms with Gasteiger partial charge < -0.3 is 19.9 Å². The van der Waals surface area contributed by atoms with Crippen molar-refractivity contribution >= 4 is 12.2 Å². The van der Waals surface area contributed by atoms with E-state index in [4.69, 9.17) is 10.1 Å². The highest BCUT2D eigenvalue weighted by Crippen LogP contribution is 2.37. The van der Waals surface area contributed by atoms with Crippen LogP contribution in [0.5, 0.6) is 0 Å². The topological polar surface area (TPSA) is 95.6 Å². The molecule has 0 spiro atoms. The SMILES string of the molecule is CC(C)(C)c1nc(-c2ccc(F)cc2)c(-c2ccc(F)cc2)n1/C=C/[C@@H](O)C[C@@H](O)CC(=O)O. The summed E-state index contributed by atoms with van der Waals surface area (Å²) in [6.45, 7) is 5.90. The molecule has 1 heterocycles. The largest absolute Gasteiger partial charge is 0.481 e. The van der Waals surface area contributed by atoms with Crippen LogP contribution < -0.4 is 0 Å². The first-order valence-corrected chi connectivity index (χ1v) is 10.9. The van der Waals surface area contributed by atoms with Crippen molar-refractivity contribution in [3.8, 4) is 22.5 Å². The van der Waals surface area contributed by atoms with Crippen LogP contribution in [-0.2, 0) is 10.2 Å². The maximum Gasteiger partial charge on any atom is 0.305 e. The number of rotatable bonds is 8. The van der Waals surface area contributed by atoms with Crippen molar-refractivity contribution < 1.29 is 28.9 Å². The van der Waals surface area contributed by atoms with Crippen LogP contribution in [0.3, 0.4) is 0 Å². The molecule has 180 valence electrons. The van der Waals surface area contributed by atoms with E-state index < -0.39 is 35.8 Å². The molecule has 3 rings (SSSR count).